The van der Waals surface area contributed by atoms with E-state index >= 15 is 0 Å². The zero-order valence-electron chi connectivity index (χ0n) is 11.0. The first-order valence-electron chi connectivity index (χ1n) is 6.15. The van der Waals surface area contributed by atoms with Gasteiger partial charge in [-0.1, -0.05) is 29.3 Å². The third-order valence-electron chi connectivity index (χ3n) is 2.80. The standard InChI is InChI=1S/C13H14Cl2N2O2S2/c14-10-2-1-9(12(15)7-10)5-6-17-21(18,19)13-4-3-11(8-16)20-13/h1-4,7,17H,5-6,8,16H2. The first kappa shape index (κ1) is 16.7. The van der Waals surface area contributed by atoms with Crippen LogP contribution in [0.15, 0.2) is 34.5 Å². The number of benzene rings is 1. The minimum atomic E-state index is -3.50. The molecule has 114 valence electrons. The van der Waals surface area contributed by atoms with E-state index in [2.05, 4.69) is 4.72 Å². The maximum Gasteiger partial charge on any atom is 0.250 e. The van der Waals surface area contributed by atoms with Crippen molar-refractivity contribution in [1.82, 2.24) is 4.72 Å². The van der Waals surface area contributed by atoms with Gasteiger partial charge in [0.25, 0.3) is 0 Å². The summed E-state index contributed by atoms with van der Waals surface area (Å²) in [7, 11) is -3.50. The van der Waals surface area contributed by atoms with Crippen LogP contribution in [0, 0.1) is 0 Å². The Morgan fingerprint density at radius 1 is 1.19 bits per heavy atom. The first-order valence-corrected chi connectivity index (χ1v) is 9.20. The molecule has 0 spiro atoms. The molecule has 0 saturated heterocycles. The van der Waals surface area contributed by atoms with Gasteiger partial charge in [-0.25, -0.2) is 13.1 Å². The molecule has 2 aromatic rings. The van der Waals surface area contributed by atoms with Crippen LogP contribution in [-0.4, -0.2) is 15.0 Å². The Labute approximate surface area is 137 Å². The van der Waals surface area contributed by atoms with Crippen LogP contribution in [-0.2, 0) is 23.0 Å². The third kappa shape index (κ3) is 4.42. The highest BCUT2D eigenvalue weighted by molar-refractivity contribution is 7.91. The van der Waals surface area contributed by atoms with Crippen LogP contribution < -0.4 is 10.5 Å². The molecule has 21 heavy (non-hydrogen) atoms. The van der Waals surface area contributed by atoms with Gasteiger partial charge in [-0.3, -0.25) is 0 Å². The Morgan fingerprint density at radius 2 is 1.95 bits per heavy atom. The second-order valence-electron chi connectivity index (χ2n) is 4.31. The van der Waals surface area contributed by atoms with Crippen LogP contribution in [0.1, 0.15) is 10.4 Å². The third-order valence-corrected chi connectivity index (χ3v) is 6.45. The van der Waals surface area contributed by atoms with E-state index in [4.69, 9.17) is 28.9 Å². The number of nitrogens with one attached hydrogen (secondary N) is 1. The van der Waals surface area contributed by atoms with Gasteiger partial charge < -0.3 is 5.73 Å². The highest BCUT2D eigenvalue weighted by atomic mass is 35.5. The molecule has 0 aliphatic heterocycles. The Kier molecular flexibility index (Phi) is 5.65. The highest BCUT2D eigenvalue weighted by Crippen LogP contribution is 2.22. The predicted molar refractivity (Wildman–Crippen MR) is 87.6 cm³/mol. The number of thiophene rings is 1. The summed E-state index contributed by atoms with van der Waals surface area (Å²) in [6.45, 7) is 0.597. The summed E-state index contributed by atoms with van der Waals surface area (Å²) >= 11 is 13.0. The van der Waals surface area contributed by atoms with Crippen LogP contribution in [0.4, 0.5) is 0 Å². The topological polar surface area (TPSA) is 72.2 Å². The van der Waals surface area contributed by atoms with E-state index in [0.29, 0.717) is 23.0 Å². The van der Waals surface area contributed by atoms with Crippen molar-refractivity contribution in [3.8, 4) is 0 Å². The Morgan fingerprint density at radius 3 is 2.57 bits per heavy atom. The van der Waals surface area contributed by atoms with Crippen LogP contribution in [0.2, 0.25) is 10.0 Å². The molecule has 1 aromatic carbocycles. The Balaban J connectivity index is 1.99. The molecule has 0 fully saturated rings. The quantitative estimate of drug-likeness (QED) is 0.827. The summed E-state index contributed by atoms with van der Waals surface area (Å²) < 4.78 is 27.0. The monoisotopic (exact) mass is 364 g/mol. The normalized spacial score (nSPS) is 11.8. The van der Waals surface area contributed by atoms with Crippen molar-refractivity contribution >= 4 is 44.6 Å². The fraction of sp³-hybridized carbons (Fsp3) is 0.231. The second kappa shape index (κ2) is 7.09. The lowest BCUT2D eigenvalue weighted by Gasteiger charge is -2.06. The number of rotatable bonds is 6. The van der Waals surface area contributed by atoms with Gasteiger partial charge in [-0.15, -0.1) is 11.3 Å². The van der Waals surface area contributed by atoms with Crippen LogP contribution >= 0.6 is 34.5 Å². The van der Waals surface area contributed by atoms with Crippen molar-refractivity contribution in [2.45, 2.75) is 17.2 Å². The molecule has 0 saturated carbocycles. The van der Waals surface area contributed by atoms with Crippen molar-refractivity contribution in [3.05, 3.63) is 50.8 Å². The molecular formula is C13H14Cl2N2O2S2. The van der Waals surface area contributed by atoms with Gasteiger partial charge >= 0.3 is 0 Å². The average molecular weight is 365 g/mol. The van der Waals surface area contributed by atoms with E-state index in [9.17, 15) is 8.42 Å². The molecule has 1 heterocycles. The van der Waals surface area contributed by atoms with Crippen LogP contribution in [0.5, 0.6) is 0 Å². The first-order chi connectivity index (χ1) is 9.92. The zero-order chi connectivity index (χ0) is 15.5. The van der Waals surface area contributed by atoms with Crippen molar-refractivity contribution < 1.29 is 8.42 Å². The highest BCUT2D eigenvalue weighted by Gasteiger charge is 2.16. The van der Waals surface area contributed by atoms with Crippen LogP contribution in [0.3, 0.4) is 0 Å². The van der Waals surface area contributed by atoms with Gasteiger partial charge in [-0.2, -0.15) is 0 Å². The Hall–Kier alpha value is -0.630. The lowest BCUT2D eigenvalue weighted by molar-refractivity contribution is 0.584. The lowest BCUT2D eigenvalue weighted by Crippen LogP contribution is -2.25. The number of nitrogens with two attached hydrogens (primary N) is 1. The molecule has 0 radical (unpaired) electrons. The fourth-order valence-electron chi connectivity index (χ4n) is 1.73. The molecule has 0 aliphatic carbocycles. The minimum Gasteiger partial charge on any atom is -0.326 e. The van der Waals surface area contributed by atoms with Crippen molar-refractivity contribution in [2.24, 2.45) is 5.73 Å². The molecule has 0 atom stereocenters. The van der Waals surface area contributed by atoms with E-state index in [1.807, 2.05) is 0 Å². The molecule has 4 nitrogen and oxygen atoms in total. The second-order valence-corrected chi connectivity index (χ2v) is 8.31. The maximum absolute atomic E-state index is 12.1. The van der Waals surface area contributed by atoms with E-state index in [-0.39, 0.29) is 10.8 Å². The maximum atomic E-state index is 12.1. The van der Waals surface area contributed by atoms with Crippen molar-refractivity contribution in [1.29, 1.82) is 0 Å². The molecule has 1 aromatic heterocycles. The fourth-order valence-corrected chi connectivity index (χ4v) is 4.54. The zero-order valence-corrected chi connectivity index (χ0v) is 14.1. The molecule has 0 bridgehead atoms. The molecule has 8 heteroatoms. The molecular weight excluding hydrogens is 351 g/mol. The largest absolute Gasteiger partial charge is 0.326 e. The smallest absolute Gasteiger partial charge is 0.250 e. The molecule has 0 aliphatic rings. The number of hydrogen-bond donors (Lipinski definition) is 2. The van der Waals surface area contributed by atoms with Gasteiger partial charge in [0.1, 0.15) is 4.21 Å². The van der Waals surface area contributed by atoms with Gasteiger partial charge in [0.05, 0.1) is 0 Å². The summed E-state index contributed by atoms with van der Waals surface area (Å²) in [5, 5.41) is 1.08. The van der Waals surface area contributed by atoms with Gasteiger partial charge in [0, 0.05) is 28.0 Å². The van der Waals surface area contributed by atoms with Gasteiger partial charge in [0.15, 0.2) is 0 Å². The minimum absolute atomic E-state index is 0.263. The molecule has 0 amide bonds. The van der Waals surface area contributed by atoms with Crippen LogP contribution in [0.25, 0.3) is 0 Å². The molecule has 0 unspecified atom stereocenters. The Bertz CT molecular complexity index is 730. The van der Waals surface area contributed by atoms with Gasteiger partial charge in [0.2, 0.25) is 10.0 Å². The number of halogens is 2. The lowest BCUT2D eigenvalue weighted by atomic mass is 10.1. The van der Waals surface area contributed by atoms with Crippen molar-refractivity contribution in [2.75, 3.05) is 6.54 Å². The number of hydrogen-bond acceptors (Lipinski definition) is 4. The summed E-state index contributed by atoms with van der Waals surface area (Å²) in [5.74, 6) is 0. The van der Waals surface area contributed by atoms with E-state index in [1.165, 1.54) is 11.3 Å². The van der Waals surface area contributed by atoms with Crippen molar-refractivity contribution in [3.63, 3.8) is 0 Å². The summed E-state index contributed by atoms with van der Waals surface area (Å²) in [5.41, 5.74) is 6.33. The van der Waals surface area contributed by atoms with E-state index in [1.54, 1.807) is 30.3 Å². The molecule has 3 N–H and O–H groups in total. The summed E-state index contributed by atoms with van der Waals surface area (Å²) in [6.07, 6.45) is 0.490. The summed E-state index contributed by atoms with van der Waals surface area (Å²) in [6, 6.07) is 8.43. The molecule has 2 rings (SSSR count). The van der Waals surface area contributed by atoms with Gasteiger partial charge in [-0.05, 0) is 36.2 Å². The summed E-state index contributed by atoms with van der Waals surface area (Å²) in [4.78, 5) is 0.830. The van der Waals surface area contributed by atoms with E-state index in [0.717, 1.165) is 10.4 Å². The predicted octanol–water partition coefficient (Wildman–Crippen LogP) is 3.03. The number of sulfonamides is 1. The van der Waals surface area contributed by atoms with E-state index < -0.39 is 10.0 Å². The SMILES string of the molecule is NCc1ccc(S(=O)(=O)NCCc2ccc(Cl)cc2Cl)s1. The average Bonchev–Trinajstić information content (AvgIpc) is 2.91.